The van der Waals surface area contributed by atoms with Gasteiger partial charge in [0.05, 0.1) is 0 Å². The first-order chi connectivity index (χ1) is 9.81. The van der Waals surface area contributed by atoms with Gasteiger partial charge in [0.15, 0.2) is 17.7 Å². The van der Waals surface area contributed by atoms with Crippen LogP contribution < -0.4 is 10.1 Å². The molecule has 21 heavy (non-hydrogen) atoms. The van der Waals surface area contributed by atoms with Gasteiger partial charge in [0.1, 0.15) is 5.75 Å². The number of halogens is 2. The van der Waals surface area contributed by atoms with Gasteiger partial charge in [0.2, 0.25) is 5.91 Å². The van der Waals surface area contributed by atoms with Crippen molar-refractivity contribution >= 4 is 11.8 Å². The van der Waals surface area contributed by atoms with E-state index in [9.17, 15) is 18.4 Å². The third kappa shape index (κ3) is 5.37. The number of benzene rings is 1. The molecule has 1 N–H and O–H groups in total. The topological polar surface area (TPSA) is 58.6 Å². The van der Waals surface area contributed by atoms with Gasteiger partial charge in [0.25, 0.3) is 5.91 Å². The lowest BCUT2D eigenvalue weighted by atomic mass is 10.3. The number of hydrogen-bond acceptors (Lipinski definition) is 3. The molecule has 0 heterocycles. The molecule has 5 nitrogen and oxygen atoms in total. The van der Waals surface area contributed by atoms with Crippen LogP contribution in [0.5, 0.6) is 5.75 Å². The zero-order valence-corrected chi connectivity index (χ0v) is 12.2. The summed E-state index contributed by atoms with van der Waals surface area (Å²) in [5, 5.41) is 2.54. The summed E-state index contributed by atoms with van der Waals surface area (Å²) in [5.74, 6) is -2.52. The van der Waals surface area contributed by atoms with Crippen LogP contribution in [-0.4, -0.2) is 43.5 Å². The highest BCUT2D eigenvalue weighted by atomic mass is 19.2. The normalized spacial score (nSPS) is 11.7. The minimum Gasteiger partial charge on any atom is -0.481 e. The lowest BCUT2D eigenvalue weighted by Crippen LogP contribution is -2.38. The van der Waals surface area contributed by atoms with Crippen molar-refractivity contribution < 1.29 is 23.1 Å². The summed E-state index contributed by atoms with van der Waals surface area (Å²) in [5.41, 5.74) is 0. The molecule has 0 aliphatic rings. The Kier molecular flexibility index (Phi) is 6.08. The predicted octanol–water partition coefficient (Wildman–Crippen LogP) is 1.33. The van der Waals surface area contributed by atoms with E-state index in [1.807, 2.05) is 0 Å². The van der Waals surface area contributed by atoms with E-state index >= 15 is 0 Å². The van der Waals surface area contributed by atoms with Crippen molar-refractivity contribution in [1.82, 2.24) is 10.2 Å². The smallest absolute Gasteiger partial charge is 0.260 e. The number of amides is 2. The Bertz CT molecular complexity index is 521. The van der Waals surface area contributed by atoms with Crippen molar-refractivity contribution in [2.45, 2.75) is 19.4 Å². The van der Waals surface area contributed by atoms with E-state index in [4.69, 9.17) is 4.74 Å². The number of nitrogens with one attached hydrogen (secondary N) is 1. The van der Waals surface area contributed by atoms with Crippen LogP contribution in [0.3, 0.4) is 0 Å². The highest BCUT2D eigenvalue weighted by Gasteiger charge is 2.15. The number of hydrogen-bond donors (Lipinski definition) is 1. The monoisotopic (exact) mass is 300 g/mol. The fourth-order valence-corrected chi connectivity index (χ4v) is 1.47. The molecule has 0 aliphatic heterocycles. The first-order valence-electron chi connectivity index (χ1n) is 6.41. The van der Waals surface area contributed by atoms with Gasteiger partial charge in [0, 0.05) is 33.1 Å². The Morgan fingerprint density at radius 1 is 1.29 bits per heavy atom. The van der Waals surface area contributed by atoms with Crippen LogP contribution in [0.25, 0.3) is 0 Å². The minimum absolute atomic E-state index is 0.0564. The number of carbonyl (C=O) groups excluding carboxylic acids is 2. The molecule has 0 radical (unpaired) electrons. The van der Waals surface area contributed by atoms with Crippen LogP contribution >= 0.6 is 0 Å². The summed E-state index contributed by atoms with van der Waals surface area (Å²) >= 11 is 0. The second-order valence-electron chi connectivity index (χ2n) is 4.67. The summed E-state index contributed by atoms with van der Waals surface area (Å²) in [6.45, 7) is 1.66. The molecule has 0 spiro atoms. The largest absolute Gasteiger partial charge is 0.481 e. The number of rotatable bonds is 6. The second-order valence-corrected chi connectivity index (χ2v) is 4.67. The van der Waals surface area contributed by atoms with Crippen LogP contribution in [0.2, 0.25) is 0 Å². The standard InChI is InChI=1S/C14H18F2N2O3/c1-9(14(20)17-7-6-13(19)18(2)3)21-10-4-5-11(15)12(16)8-10/h4-5,8-9H,6-7H2,1-3H3,(H,17,20)/t9-/m1/s1. The quantitative estimate of drug-likeness (QED) is 0.862. The van der Waals surface area contributed by atoms with Crippen LogP contribution in [0, 0.1) is 11.6 Å². The maximum Gasteiger partial charge on any atom is 0.260 e. The Morgan fingerprint density at radius 2 is 1.95 bits per heavy atom. The molecular weight excluding hydrogens is 282 g/mol. The molecule has 2 amide bonds. The molecular formula is C14H18F2N2O3. The molecule has 116 valence electrons. The Morgan fingerprint density at radius 3 is 2.52 bits per heavy atom. The van der Waals surface area contributed by atoms with Gasteiger partial charge >= 0.3 is 0 Å². The maximum absolute atomic E-state index is 13.0. The third-order valence-electron chi connectivity index (χ3n) is 2.71. The molecule has 1 rings (SSSR count). The van der Waals surface area contributed by atoms with E-state index in [0.717, 1.165) is 12.1 Å². The number of nitrogens with zero attached hydrogens (tertiary/aromatic N) is 1. The summed E-state index contributed by atoms with van der Waals surface area (Å²) in [6, 6.07) is 3.03. The van der Waals surface area contributed by atoms with Gasteiger partial charge in [-0.2, -0.15) is 0 Å². The zero-order chi connectivity index (χ0) is 16.0. The molecule has 0 saturated carbocycles. The molecule has 7 heteroatoms. The van der Waals surface area contributed by atoms with E-state index in [1.54, 1.807) is 14.1 Å². The summed E-state index contributed by atoms with van der Waals surface area (Å²) in [6.07, 6.45) is -0.708. The molecule has 0 bridgehead atoms. The number of ether oxygens (including phenoxy) is 1. The average molecular weight is 300 g/mol. The zero-order valence-electron chi connectivity index (χ0n) is 12.2. The third-order valence-corrected chi connectivity index (χ3v) is 2.71. The van der Waals surface area contributed by atoms with Gasteiger partial charge < -0.3 is 15.0 Å². The lowest BCUT2D eigenvalue weighted by molar-refractivity contribution is -0.129. The number of carbonyl (C=O) groups is 2. The van der Waals surface area contributed by atoms with Crippen molar-refractivity contribution in [3.05, 3.63) is 29.8 Å². The summed E-state index contributed by atoms with van der Waals surface area (Å²) in [4.78, 5) is 24.5. The summed E-state index contributed by atoms with van der Waals surface area (Å²) in [7, 11) is 3.25. The van der Waals surface area contributed by atoms with E-state index in [1.165, 1.54) is 17.9 Å². The predicted molar refractivity (Wildman–Crippen MR) is 72.8 cm³/mol. The van der Waals surface area contributed by atoms with E-state index in [0.29, 0.717) is 0 Å². The SMILES string of the molecule is C[C@@H](Oc1ccc(F)c(F)c1)C(=O)NCCC(=O)N(C)C. The lowest BCUT2D eigenvalue weighted by Gasteiger charge is -2.15. The van der Waals surface area contributed by atoms with Crippen molar-refractivity contribution in [1.29, 1.82) is 0 Å². The van der Waals surface area contributed by atoms with Crippen LogP contribution in [0.4, 0.5) is 8.78 Å². The van der Waals surface area contributed by atoms with Crippen molar-refractivity contribution in [2.24, 2.45) is 0 Å². The van der Waals surface area contributed by atoms with Crippen LogP contribution in [0.15, 0.2) is 18.2 Å². The highest BCUT2D eigenvalue weighted by Crippen LogP contribution is 2.16. The molecule has 1 aromatic carbocycles. The highest BCUT2D eigenvalue weighted by molar-refractivity contribution is 5.81. The van der Waals surface area contributed by atoms with Crippen molar-refractivity contribution in [2.75, 3.05) is 20.6 Å². The van der Waals surface area contributed by atoms with Gasteiger partial charge in [-0.15, -0.1) is 0 Å². The first-order valence-corrected chi connectivity index (χ1v) is 6.41. The molecule has 0 aromatic heterocycles. The van der Waals surface area contributed by atoms with Crippen molar-refractivity contribution in [3.63, 3.8) is 0 Å². The van der Waals surface area contributed by atoms with E-state index in [2.05, 4.69) is 5.32 Å². The Hall–Kier alpha value is -2.18. The van der Waals surface area contributed by atoms with Crippen LogP contribution in [-0.2, 0) is 9.59 Å². The average Bonchev–Trinajstić information content (AvgIpc) is 2.42. The van der Waals surface area contributed by atoms with Crippen LogP contribution in [0.1, 0.15) is 13.3 Å². The first kappa shape index (κ1) is 16.9. The van der Waals surface area contributed by atoms with Crippen molar-refractivity contribution in [3.8, 4) is 5.75 Å². The molecule has 1 aromatic rings. The molecule has 1 atom stereocenters. The maximum atomic E-state index is 13.0. The fourth-order valence-electron chi connectivity index (χ4n) is 1.47. The van der Waals surface area contributed by atoms with Gasteiger partial charge in [-0.05, 0) is 19.1 Å². The molecule has 0 unspecified atom stereocenters. The van der Waals surface area contributed by atoms with Gasteiger partial charge in [-0.1, -0.05) is 0 Å². The van der Waals surface area contributed by atoms with E-state index < -0.39 is 23.6 Å². The Labute approximate surface area is 121 Å². The molecule has 0 saturated heterocycles. The molecule has 0 fully saturated rings. The van der Waals surface area contributed by atoms with Gasteiger partial charge in [-0.3, -0.25) is 9.59 Å². The second kappa shape index (κ2) is 7.56. The summed E-state index contributed by atoms with van der Waals surface area (Å²) < 4.78 is 31.0. The minimum atomic E-state index is -1.04. The Balaban J connectivity index is 2.44. The van der Waals surface area contributed by atoms with E-state index in [-0.39, 0.29) is 24.6 Å². The van der Waals surface area contributed by atoms with Gasteiger partial charge in [-0.25, -0.2) is 8.78 Å². The molecule has 0 aliphatic carbocycles. The fraction of sp³-hybridized carbons (Fsp3) is 0.429.